The van der Waals surface area contributed by atoms with Crippen molar-refractivity contribution in [3.8, 4) is 0 Å². The van der Waals surface area contributed by atoms with E-state index >= 15 is 0 Å². The molecule has 32 heavy (non-hydrogen) atoms. The number of carbonyl (C=O) groups is 1. The predicted molar refractivity (Wildman–Crippen MR) is 117 cm³/mol. The summed E-state index contributed by atoms with van der Waals surface area (Å²) >= 11 is 0. The van der Waals surface area contributed by atoms with E-state index in [1.165, 1.54) is 6.33 Å². The number of aryl methyl sites for hydroxylation is 3. The average molecular weight is 435 g/mol. The van der Waals surface area contributed by atoms with Gasteiger partial charge in [-0.1, -0.05) is 19.3 Å². The van der Waals surface area contributed by atoms with Crippen LogP contribution in [0.5, 0.6) is 0 Å². The van der Waals surface area contributed by atoms with Crippen LogP contribution in [-0.4, -0.2) is 35.6 Å². The smallest absolute Gasteiger partial charge is 0.254 e. The molecule has 0 bridgehead atoms. The first-order chi connectivity index (χ1) is 15.4. The Morgan fingerprint density at radius 3 is 2.66 bits per heavy atom. The normalized spacial score (nSPS) is 17.5. The maximum atomic E-state index is 12.7. The predicted octanol–water partition coefficient (Wildman–Crippen LogP) is 2.74. The van der Waals surface area contributed by atoms with Gasteiger partial charge in [-0.3, -0.25) is 9.48 Å². The van der Waals surface area contributed by atoms with Gasteiger partial charge in [0.25, 0.3) is 5.91 Å². The third kappa shape index (κ3) is 3.31. The van der Waals surface area contributed by atoms with Crippen LogP contribution >= 0.6 is 0 Å². The van der Waals surface area contributed by atoms with Crippen LogP contribution in [0, 0.1) is 13.8 Å². The number of aromatic nitrogens is 5. The number of nitrogens with zero attached hydrogens (tertiary/aromatic N) is 6. The highest BCUT2D eigenvalue weighted by Crippen LogP contribution is 2.42. The third-order valence-electron chi connectivity index (χ3n) is 6.29. The van der Waals surface area contributed by atoms with Crippen LogP contribution in [-0.2, 0) is 12.6 Å². The second-order valence-corrected chi connectivity index (χ2v) is 8.65. The maximum absolute atomic E-state index is 12.7. The molecule has 0 aromatic carbocycles. The van der Waals surface area contributed by atoms with Crippen LogP contribution < -0.4 is 16.1 Å². The van der Waals surface area contributed by atoms with E-state index in [1.807, 2.05) is 27.1 Å². The Bertz CT molecular complexity index is 1280. The van der Waals surface area contributed by atoms with Crippen molar-refractivity contribution in [3.63, 3.8) is 0 Å². The lowest BCUT2D eigenvalue weighted by Crippen LogP contribution is -2.43. The second-order valence-electron chi connectivity index (χ2n) is 8.65. The van der Waals surface area contributed by atoms with Crippen LogP contribution in [0.15, 0.2) is 29.6 Å². The van der Waals surface area contributed by atoms with Gasteiger partial charge in [0.2, 0.25) is 0 Å². The summed E-state index contributed by atoms with van der Waals surface area (Å²) in [6, 6.07) is 3.40. The molecule has 0 radical (unpaired) electrons. The van der Waals surface area contributed by atoms with Crippen molar-refractivity contribution in [1.29, 1.82) is 0 Å². The molecular weight excluding hydrogens is 408 g/mol. The summed E-state index contributed by atoms with van der Waals surface area (Å²) in [6.45, 7) is 3.83. The Kier molecular flexibility index (Phi) is 4.72. The number of carbonyl (C=O) groups excluding carboxylic acids is 1. The van der Waals surface area contributed by atoms with Crippen molar-refractivity contribution < 1.29 is 10.0 Å². The van der Waals surface area contributed by atoms with Gasteiger partial charge >= 0.3 is 0 Å². The van der Waals surface area contributed by atoms with Crippen molar-refractivity contribution in [3.05, 3.63) is 52.5 Å². The molecule has 1 amide bonds. The fourth-order valence-corrected chi connectivity index (χ4v) is 4.84. The fourth-order valence-electron chi connectivity index (χ4n) is 4.84. The second kappa shape index (κ2) is 7.47. The molecule has 0 unspecified atom stereocenters. The van der Waals surface area contributed by atoms with Gasteiger partial charge in [0.1, 0.15) is 12.1 Å². The van der Waals surface area contributed by atoms with Gasteiger partial charge in [-0.15, -0.1) is 0 Å². The molecule has 1 saturated carbocycles. The number of amides is 1. The molecule has 1 aliphatic carbocycles. The lowest BCUT2D eigenvalue weighted by atomic mass is 9.79. The maximum Gasteiger partial charge on any atom is 0.254 e. The monoisotopic (exact) mass is 434 g/mol. The lowest BCUT2D eigenvalue weighted by molar-refractivity contribution is 0.0892. The fraction of sp³-hybridized carbons (Fsp3) is 0.409. The minimum atomic E-state index is -0.537. The van der Waals surface area contributed by atoms with Gasteiger partial charge in [0, 0.05) is 24.9 Å². The van der Waals surface area contributed by atoms with Crippen LogP contribution in [0.25, 0.3) is 0 Å². The number of anilines is 2. The minimum Gasteiger partial charge on any atom is -0.427 e. The molecule has 3 aromatic heterocycles. The average Bonchev–Trinajstić information content (AvgIpc) is 3.22. The minimum absolute atomic E-state index is 0.131. The first kappa shape index (κ1) is 20.2. The van der Waals surface area contributed by atoms with E-state index in [-0.39, 0.29) is 5.91 Å². The van der Waals surface area contributed by atoms with E-state index in [9.17, 15) is 10.0 Å². The molecule has 4 heterocycles. The Balaban J connectivity index is 1.57. The highest BCUT2D eigenvalue weighted by atomic mass is 16.5. The summed E-state index contributed by atoms with van der Waals surface area (Å²) in [7, 11) is 1.85. The Morgan fingerprint density at radius 2 is 1.94 bits per heavy atom. The highest BCUT2D eigenvalue weighted by molar-refractivity contribution is 6.00. The number of pyridine rings is 1. The van der Waals surface area contributed by atoms with E-state index in [2.05, 4.69) is 30.7 Å². The molecular formula is C22H26N8O2. The zero-order valence-corrected chi connectivity index (χ0v) is 18.4. The van der Waals surface area contributed by atoms with Crippen LogP contribution in [0.1, 0.15) is 59.3 Å². The lowest BCUT2D eigenvalue weighted by Gasteiger charge is -2.34. The van der Waals surface area contributed by atoms with E-state index < -0.39 is 5.54 Å². The van der Waals surface area contributed by atoms with Crippen molar-refractivity contribution >= 4 is 23.4 Å². The number of hydrogen-bond donors (Lipinski definition) is 3. The molecule has 0 saturated heterocycles. The van der Waals surface area contributed by atoms with Crippen molar-refractivity contribution in [2.45, 2.75) is 51.5 Å². The zero-order valence-electron chi connectivity index (χ0n) is 18.4. The van der Waals surface area contributed by atoms with Crippen LogP contribution in [0.4, 0.5) is 17.5 Å². The number of nitrogens with one attached hydrogen (secondary N) is 2. The largest absolute Gasteiger partial charge is 0.427 e. The summed E-state index contributed by atoms with van der Waals surface area (Å²) in [5, 5.41) is 21.8. The van der Waals surface area contributed by atoms with Gasteiger partial charge < -0.3 is 15.8 Å². The van der Waals surface area contributed by atoms with E-state index in [0.717, 1.165) is 48.0 Å². The molecule has 5 rings (SSSR count). The molecule has 1 fully saturated rings. The molecule has 3 aromatic rings. The van der Waals surface area contributed by atoms with Crippen molar-refractivity contribution in [2.75, 3.05) is 5.32 Å². The Hall–Kier alpha value is -3.69. The number of rotatable bonds is 3. The van der Waals surface area contributed by atoms with Crippen molar-refractivity contribution in [1.82, 2.24) is 29.8 Å². The third-order valence-corrected chi connectivity index (χ3v) is 6.29. The molecule has 2 aliphatic rings. The quantitative estimate of drug-likeness (QED) is 0.545. The molecule has 1 spiro atoms. The first-order valence-electron chi connectivity index (χ1n) is 10.8. The topological polar surface area (TPSA) is 122 Å². The number of fused-ring (bicyclic) bond motifs is 2. The SMILES string of the molecule is Cc1cn(C)nc1Nc1cc(N=c2cc(C)c3c(n2O)C2(CCCCC2)NC3=O)ncn1. The summed E-state index contributed by atoms with van der Waals surface area (Å²) in [6.07, 6.45) is 8.08. The Morgan fingerprint density at radius 1 is 1.16 bits per heavy atom. The number of hydrogen-bond acceptors (Lipinski definition) is 7. The van der Waals surface area contributed by atoms with Gasteiger partial charge in [-0.2, -0.15) is 9.83 Å². The summed E-state index contributed by atoms with van der Waals surface area (Å²) in [5.41, 5.74) is 2.70. The summed E-state index contributed by atoms with van der Waals surface area (Å²) in [5.74, 6) is 1.50. The molecule has 10 nitrogen and oxygen atoms in total. The van der Waals surface area contributed by atoms with Crippen LogP contribution in [0.3, 0.4) is 0 Å². The van der Waals surface area contributed by atoms with E-state index in [4.69, 9.17) is 0 Å². The summed E-state index contributed by atoms with van der Waals surface area (Å²) in [4.78, 5) is 25.8. The molecule has 1 aliphatic heterocycles. The van der Waals surface area contributed by atoms with Gasteiger partial charge in [-0.05, 0) is 38.3 Å². The Labute approximate surface area is 185 Å². The van der Waals surface area contributed by atoms with Crippen LogP contribution in [0.2, 0.25) is 0 Å². The van der Waals surface area contributed by atoms with Gasteiger partial charge in [0.15, 0.2) is 17.1 Å². The first-order valence-corrected chi connectivity index (χ1v) is 10.8. The molecule has 166 valence electrons. The zero-order chi connectivity index (χ0) is 22.5. The molecule has 0 atom stereocenters. The van der Waals surface area contributed by atoms with Gasteiger partial charge in [-0.25, -0.2) is 15.0 Å². The van der Waals surface area contributed by atoms with Crippen molar-refractivity contribution in [2.24, 2.45) is 12.0 Å². The van der Waals surface area contributed by atoms with E-state index in [0.29, 0.717) is 34.2 Å². The van der Waals surface area contributed by atoms with E-state index in [1.54, 1.807) is 16.8 Å². The van der Waals surface area contributed by atoms with Gasteiger partial charge in [0.05, 0.1) is 16.8 Å². The standard InChI is InChI=1S/C22H26N8O2/c1-13-9-17(30(32)19-18(13)21(31)27-22(19)7-5-4-6-8-22)25-15-10-16(24-12-23-15)26-20-14(2)11-29(3)28-20/h9-12,32H,4-8H2,1-3H3,(H,27,31)(H,23,24,26,28). The molecule has 10 heteroatoms. The summed E-state index contributed by atoms with van der Waals surface area (Å²) < 4.78 is 2.78. The molecule has 3 N–H and O–H groups in total. The highest BCUT2D eigenvalue weighted by Gasteiger charge is 2.47.